The lowest BCUT2D eigenvalue weighted by Crippen LogP contribution is -1.87. The Morgan fingerprint density at radius 3 is 2.86 bits per heavy atom. The molecule has 70 valence electrons. The normalized spacial score (nSPS) is 8.36. The number of hydrogen-bond donors (Lipinski definition) is 0. The molecule has 0 aliphatic heterocycles. The van der Waals surface area contributed by atoms with Gasteiger partial charge in [0, 0.05) is 5.56 Å². The van der Waals surface area contributed by atoms with Crippen LogP contribution in [0.3, 0.4) is 0 Å². The standard InChI is InChI=1S/C12H11NO/c1-10-6-7-11(5-3-4-8-13)9-12(10)14-2/h6-7,9H,4H2,1-2H3. The van der Waals surface area contributed by atoms with Gasteiger partial charge in [-0.3, -0.25) is 0 Å². The molecular formula is C12H11NO. The molecule has 0 spiro atoms. The van der Waals surface area contributed by atoms with Gasteiger partial charge in [-0.2, -0.15) is 5.26 Å². The molecule has 14 heavy (non-hydrogen) atoms. The minimum atomic E-state index is 0.260. The van der Waals surface area contributed by atoms with Crippen LogP contribution in [0.25, 0.3) is 0 Å². The van der Waals surface area contributed by atoms with E-state index in [-0.39, 0.29) is 6.42 Å². The third kappa shape index (κ3) is 2.54. The third-order valence-corrected chi connectivity index (χ3v) is 1.81. The Balaban J connectivity index is 2.92. The quantitative estimate of drug-likeness (QED) is 0.629. The van der Waals surface area contributed by atoms with Crippen molar-refractivity contribution in [1.82, 2.24) is 0 Å². The van der Waals surface area contributed by atoms with Crippen molar-refractivity contribution in [3.8, 4) is 23.7 Å². The van der Waals surface area contributed by atoms with Gasteiger partial charge in [0.2, 0.25) is 0 Å². The first kappa shape index (κ1) is 10.2. The van der Waals surface area contributed by atoms with E-state index in [1.165, 1.54) is 0 Å². The maximum absolute atomic E-state index is 8.31. The number of nitrogens with zero attached hydrogens (tertiary/aromatic N) is 1. The Kier molecular flexibility index (Phi) is 3.58. The Morgan fingerprint density at radius 1 is 1.43 bits per heavy atom. The van der Waals surface area contributed by atoms with E-state index in [9.17, 15) is 0 Å². The zero-order valence-electron chi connectivity index (χ0n) is 8.29. The van der Waals surface area contributed by atoms with Crippen LogP contribution >= 0.6 is 0 Å². The predicted molar refractivity (Wildman–Crippen MR) is 54.8 cm³/mol. The summed E-state index contributed by atoms with van der Waals surface area (Å²) in [5.41, 5.74) is 1.96. The van der Waals surface area contributed by atoms with E-state index in [1.807, 2.05) is 31.2 Å². The molecule has 0 fully saturated rings. The van der Waals surface area contributed by atoms with E-state index < -0.39 is 0 Å². The maximum Gasteiger partial charge on any atom is 0.123 e. The summed E-state index contributed by atoms with van der Waals surface area (Å²) in [5, 5.41) is 8.31. The number of benzene rings is 1. The van der Waals surface area contributed by atoms with Crippen LogP contribution in [0.15, 0.2) is 18.2 Å². The molecule has 1 aromatic carbocycles. The first-order valence-electron chi connectivity index (χ1n) is 4.28. The first-order valence-corrected chi connectivity index (χ1v) is 4.28. The largest absolute Gasteiger partial charge is 0.496 e. The van der Waals surface area contributed by atoms with E-state index in [2.05, 4.69) is 11.8 Å². The van der Waals surface area contributed by atoms with E-state index >= 15 is 0 Å². The van der Waals surface area contributed by atoms with Gasteiger partial charge in [-0.05, 0) is 24.6 Å². The molecular weight excluding hydrogens is 174 g/mol. The minimum Gasteiger partial charge on any atom is -0.496 e. The van der Waals surface area contributed by atoms with Gasteiger partial charge in [-0.25, -0.2) is 0 Å². The van der Waals surface area contributed by atoms with Gasteiger partial charge in [0.25, 0.3) is 0 Å². The van der Waals surface area contributed by atoms with Crippen molar-refractivity contribution in [1.29, 1.82) is 5.26 Å². The van der Waals surface area contributed by atoms with Crippen LogP contribution in [-0.2, 0) is 0 Å². The Bertz CT molecular complexity index is 418. The van der Waals surface area contributed by atoms with Crippen LogP contribution in [0.4, 0.5) is 0 Å². The second kappa shape index (κ2) is 4.94. The minimum absolute atomic E-state index is 0.260. The van der Waals surface area contributed by atoms with Crippen molar-refractivity contribution >= 4 is 0 Å². The molecule has 2 nitrogen and oxygen atoms in total. The SMILES string of the molecule is COc1cc(C#CCC#N)ccc1C. The average Bonchev–Trinajstić information content (AvgIpc) is 2.21. The highest BCUT2D eigenvalue weighted by atomic mass is 16.5. The molecule has 0 radical (unpaired) electrons. The van der Waals surface area contributed by atoms with Gasteiger partial charge in [0.15, 0.2) is 0 Å². The molecule has 0 saturated heterocycles. The summed E-state index contributed by atoms with van der Waals surface area (Å²) >= 11 is 0. The highest BCUT2D eigenvalue weighted by molar-refractivity contribution is 5.44. The number of rotatable bonds is 1. The topological polar surface area (TPSA) is 33.0 Å². The molecule has 1 rings (SSSR count). The fraction of sp³-hybridized carbons (Fsp3) is 0.250. The van der Waals surface area contributed by atoms with Crippen molar-refractivity contribution in [3.63, 3.8) is 0 Å². The highest BCUT2D eigenvalue weighted by Crippen LogP contribution is 2.18. The van der Waals surface area contributed by atoms with E-state index in [1.54, 1.807) is 7.11 Å². The van der Waals surface area contributed by atoms with Gasteiger partial charge in [-0.1, -0.05) is 17.9 Å². The van der Waals surface area contributed by atoms with Crippen LogP contribution in [-0.4, -0.2) is 7.11 Å². The molecule has 0 amide bonds. The Hall–Kier alpha value is -1.93. The number of aryl methyl sites for hydroxylation is 1. The lowest BCUT2D eigenvalue weighted by atomic mass is 10.1. The van der Waals surface area contributed by atoms with Crippen molar-refractivity contribution in [2.45, 2.75) is 13.3 Å². The molecule has 0 saturated carbocycles. The lowest BCUT2D eigenvalue weighted by Gasteiger charge is -2.03. The molecule has 0 bridgehead atoms. The third-order valence-electron chi connectivity index (χ3n) is 1.81. The zero-order chi connectivity index (χ0) is 10.4. The van der Waals surface area contributed by atoms with Crippen molar-refractivity contribution in [2.75, 3.05) is 7.11 Å². The van der Waals surface area contributed by atoms with Crippen LogP contribution in [0.1, 0.15) is 17.5 Å². The number of ether oxygens (including phenoxy) is 1. The van der Waals surface area contributed by atoms with E-state index in [0.29, 0.717) is 0 Å². The summed E-state index contributed by atoms with van der Waals surface area (Å²) < 4.78 is 5.16. The van der Waals surface area contributed by atoms with Gasteiger partial charge in [-0.15, -0.1) is 0 Å². The number of hydrogen-bond acceptors (Lipinski definition) is 2. The summed E-state index contributed by atoms with van der Waals surface area (Å²) in [6, 6.07) is 7.72. The monoisotopic (exact) mass is 185 g/mol. The highest BCUT2D eigenvalue weighted by Gasteiger charge is 1.97. The van der Waals surface area contributed by atoms with Crippen molar-refractivity contribution in [3.05, 3.63) is 29.3 Å². The van der Waals surface area contributed by atoms with Gasteiger partial charge in [0.05, 0.1) is 19.6 Å². The van der Waals surface area contributed by atoms with Crippen molar-refractivity contribution in [2.24, 2.45) is 0 Å². The smallest absolute Gasteiger partial charge is 0.123 e. The number of nitriles is 1. The molecule has 0 aliphatic carbocycles. The molecule has 1 aromatic rings. The van der Waals surface area contributed by atoms with Gasteiger partial charge >= 0.3 is 0 Å². The van der Waals surface area contributed by atoms with Crippen LogP contribution < -0.4 is 4.74 Å². The zero-order valence-corrected chi connectivity index (χ0v) is 8.29. The lowest BCUT2D eigenvalue weighted by molar-refractivity contribution is 0.411. The molecule has 0 unspecified atom stereocenters. The first-order chi connectivity index (χ1) is 6.77. The molecule has 0 aromatic heterocycles. The number of methoxy groups -OCH3 is 1. The molecule has 0 atom stereocenters. The summed E-state index contributed by atoms with van der Waals surface area (Å²) in [4.78, 5) is 0. The molecule has 0 aliphatic rings. The summed E-state index contributed by atoms with van der Waals surface area (Å²) in [6.07, 6.45) is 0.260. The van der Waals surface area contributed by atoms with Crippen molar-refractivity contribution < 1.29 is 4.74 Å². The fourth-order valence-corrected chi connectivity index (χ4v) is 1.08. The summed E-state index contributed by atoms with van der Waals surface area (Å²) in [7, 11) is 1.63. The van der Waals surface area contributed by atoms with Crippen LogP contribution in [0.5, 0.6) is 5.75 Å². The van der Waals surface area contributed by atoms with E-state index in [4.69, 9.17) is 10.00 Å². The van der Waals surface area contributed by atoms with Crippen LogP contribution in [0, 0.1) is 30.1 Å². The second-order valence-corrected chi connectivity index (χ2v) is 2.82. The average molecular weight is 185 g/mol. The predicted octanol–water partition coefficient (Wildman–Crippen LogP) is 2.27. The summed E-state index contributed by atoms with van der Waals surface area (Å²) in [6.45, 7) is 1.98. The Morgan fingerprint density at radius 2 is 2.21 bits per heavy atom. The maximum atomic E-state index is 8.31. The molecule has 0 heterocycles. The second-order valence-electron chi connectivity index (χ2n) is 2.82. The van der Waals surface area contributed by atoms with E-state index in [0.717, 1.165) is 16.9 Å². The van der Waals surface area contributed by atoms with Crippen LogP contribution in [0.2, 0.25) is 0 Å². The fourth-order valence-electron chi connectivity index (χ4n) is 1.08. The van der Waals surface area contributed by atoms with Gasteiger partial charge in [0.1, 0.15) is 5.75 Å². The summed E-state index contributed by atoms with van der Waals surface area (Å²) in [5.74, 6) is 6.48. The molecule has 0 N–H and O–H groups in total. The van der Waals surface area contributed by atoms with Gasteiger partial charge < -0.3 is 4.74 Å². The molecule has 2 heteroatoms. The Labute approximate surface area is 84.1 Å².